The second kappa shape index (κ2) is 15.5. The van der Waals surface area contributed by atoms with Crippen LogP contribution in [0.3, 0.4) is 0 Å². The third kappa shape index (κ3) is 11.1. The molecule has 1 aromatic carbocycles. The zero-order valence-corrected chi connectivity index (χ0v) is 25.3. The van der Waals surface area contributed by atoms with Crippen molar-refractivity contribution in [3.63, 3.8) is 0 Å². The first-order valence-corrected chi connectivity index (χ1v) is 15.2. The van der Waals surface area contributed by atoms with Crippen LogP contribution in [0, 0.1) is 18.8 Å². The summed E-state index contributed by atoms with van der Waals surface area (Å²) < 4.78 is 33.6. The highest BCUT2D eigenvalue weighted by Crippen LogP contribution is 2.14. The molecule has 226 valence electrons. The average molecular weight is 591 g/mol. The number of benzene rings is 1. The number of carbonyl (C=O) groups excluding carboxylic acids is 4. The molecule has 11 nitrogen and oxygen atoms in total. The van der Waals surface area contributed by atoms with Gasteiger partial charge >= 0.3 is 0 Å². The summed E-state index contributed by atoms with van der Waals surface area (Å²) in [5.74, 6) is -1.92. The summed E-state index contributed by atoms with van der Waals surface area (Å²) >= 11 is 0. The number of nitrogens with one attached hydrogen (secondary N) is 4. The molecule has 12 heteroatoms. The Balaban J connectivity index is 2.17. The number of amides is 3. The van der Waals surface area contributed by atoms with E-state index in [0.29, 0.717) is 25.3 Å². The molecule has 0 saturated heterocycles. The Kier molecular flexibility index (Phi) is 12.7. The molecule has 0 unspecified atom stereocenters. The number of Topliss-reactive ketones (excluding diaryl/α,β-unsaturated/α-hetero) is 1. The number of aryl methyl sites for hydroxylation is 1. The second-order valence-corrected chi connectivity index (χ2v) is 12.7. The summed E-state index contributed by atoms with van der Waals surface area (Å²) in [6, 6.07) is 5.58. The van der Waals surface area contributed by atoms with Crippen LogP contribution in [0.1, 0.15) is 70.0 Å². The molecule has 0 spiro atoms. The van der Waals surface area contributed by atoms with Gasteiger partial charge in [0.15, 0.2) is 5.76 Å². The molecule has 1 aromatic heterocycles. The van der Waals surface area contributed by atoms with E-state index in [2.05, 4.69) is 20.7 Å². The van der Waals surface area contributed by atoms with Gasteiger partial charge in [0, 0.05) is 6.54 Å². The van der Waals surface area contributed by atoms with Gasteiger partial charge < -0.3 is 20.4 Å². The minimum atomic E-state index is -4.17. The molecule has 2 rings (SSSR count). The molecule has 0 aliphatic carbocycles. The van der Waals surface area contributed by atoms with Crippen LogP contribution in [-0.2, 0) is 24.4 Å². The molecule has 3 atom stereocenters. The highest BCUT2D eigenvalue weighted by molar-refractivity contribution is 7.89. The average Bonchev–Trinajstić information content (AvgIpc) is 3.42. The van der Waals surface area contributed by atoms with Crippen LogP contribution in [0.2, 0.25) is 0 Å². The van der Waals surface area contributed by atoms with Crippen molar-refractivity contribution < 1.29 is 32.0 Å². The summed E-state index contributed by atoms with van der Waals surface area (Å²) in [5, 5.41) is 7.84. The number of rotatable bonds is 16. The van der Waals surface area contributed by atoms with Crippen LogP contribution in [-0.4, -0.2) is 56.6 Å². The lowest BCUT2D eigenvalue weighted by molar-refractivity contribution is -0.131. The Labute approximate surface area is 242 Å². The highest BCUT2D eigenvalue weighted by atomic mass is 32.2. The summed E-state index contributed by atoms with van der Waals surface area (Å²) in [6.45, 7) is 11.4. The van der Waals surface area contributed by atoms with Gasteiger partial charge in [0.05, 0.1) is 23.6 Å². The number of hydrogen-bond acceptors (Lipinski definition) is 7. The van der Waals surface area contributed by atoms with Gasteiger partial charge in [-0.2, -0.15) is 4.72 Å². The summed E-state index contributed by atoms with van der Waals surface area (Å²) in [5.41, 5.74) is 0.851. The van der Waals surface area contributed by atoms with E-state index in [4.69, 9.17) is 4.42 Å². The van der Waals surface area contributed by atoms with Crippen LogP contribution in [0.15, 0.2) is 52.0 Å². The van der Waals surface area contributed by atoms with Crippen molar-refractivity contribution in [1.29, 1.82) is 0 Å². The van der Waals surface area contributed by atoms with Crippen molar-refractivity contribution in [2.24, 2.45) is 11.8 Å². The molecular weight excluding hydrogens is 548 g/mol. The maximum Gasteiger partial charge on any atom is 0.242 e. The van der Waals surface area contributed by atoms with Gasteiger partial charge in [-0.15, -0.1) is 0 Å². The number of ketones is 1. The number of carbonyl (C=O) groups is 4. The van der Waals surface area contributed by atoms with Crippen molar-refractivity contribution >= 4 is 33.5 Å². The van der Waals surface area contributed by atoms with Gasteiger partial charge in [-0.3, -0.25) is 19.2 Å². The Bertz CT molecular complexity index is 1270. The van der Waals surface area contributed by atoms with Gasteiger partial charge in [0.2, 0.25) is 33.5 Å². The Hall–Kier alpha value is -3.51. The first-order chi connectivity index (χ1) is 19.2. The smallest absolute Gasteiger partial charge is 0.242 e. The summed E-state index contributed by atoms with van der Waals surface area (Å²) in [6.07, 6.45) is 1.93. The van der Waals surface area contributed by atoms with E-state index in [-0.39, 0.29) is 16.6 Å². The van der Waals surface area contributed by atoms with Crippen LogP contribution < -0.4 is 20.7 Å². The normalized spacial score (nSPS) is 13.9. The van der Waals surface area contributed by atoms with E-state index in [1.54, 1.807) is 18.2 Å². The van der Waals surface area contributed by atoms with E-state index in [0.717, 1.165) is 5.56 Å². The Morgan fingerprint density at radius 2 is 1.51 bits per heavy atom. The largest absolute Gasteiger partial charge is 0.461 e. The molecule has 0 aliphatic rings. The predicted molar refractivity (Wildman–Crippen MR) is 154 cm³/mol. The maximum absolute atomic E-state index is 13.2. The Morgan fingerprint density at radius 1 is 0.854 bits per heavy atom. The van der Waals surface area contributed by atoms with Crippen molar-refractivity contribution in [3.05, 3.63) is 54.0 Å². The minimum absolute atomic E-state index is 0.0684. The molecule has 4 N–H and O–H groups in total. The Morgan fingerprint density at radius 3 is 2.07 bits per heavy atom. The van der Waals surface area contributed by atoms with Gasteiger partial charge in [-0.25, -0.2) is 8.42 Å². The lowest BCUT2D eigenvalue weighted by Gasteiger charge is -2.23. The van der Waals surface area contributed by atoms with Crippen LogP contribution in [0.5, 0.6) is 0 Å². The zero-order valence-electron chi connectivity index (χ0n) is 24.5. The quantitative estimate of drug-likeness (QED) is 0.218. The highest BCUT2D eigenvalue weighted by Gasteiger charge is 2.31. The van der Waals surface area contributed by atoms with Crippen molar-refractivity contribution in [2.45, 2.75) is 83.8 Å². The predicted octanol–water partition coefficient (Wildman–Crippen LogP) is 2.71. The van der Waals surface area contributed by atoms with Crippen molar-refractivity contribution in [1.82, 2.24) is 20.7 Å². The molecule has 3 amide bonds. The standard InChI is InChI=1S/C29H42N4O7S/c1-18(2)13-14-30-26(34)17-24(33-41(38,39)22-11-9-20(5)10-12-22)29(37)31-21(6)28(36)32-23(16-19(3)4)27(35)25-8-7-15-40-25/h7-12,15,18-19,21,23-24,33H,13-14,16-17H2,1-6H3,(H,30,34)(H,31,37)(H,32,36)/t21-,23-,24-/m0/s1. The zero-order chi connectivity index (χ0) is 30.7. The monoisotopic (exact) mass is 590 g/mol. The number of hydrogen-bond donors (Lipinski definition) is 4. The van der Waals surface area contributed by atoms with Crippen molar-refractivity contribution in [2.75, 3.05) is 6.54 Å². The van der Waals surface area contributed by atoms with Crippen LogP contribution in [0.4, 0.5) is 0 Å². The first-order valence-electron chi connectivity index (χ1n) is 13.7. The van der Waals surface area contributed by atoms with Gasteiger partial charge in [-0.1, -0.05) is 45.4 Å². The van der Waals surface area contributed by atoms with Crippen LogP contribution in [0.25, 0.3) is 0 Å². The third-order valence-corrected chi connectivity index (χ3v) is 7.72. The molecule has 0 saturated carbocycles. The fourth-order valence-electron chi connectivity index (χ4n) is 3.89. The lowest BCUT2D eigenvalue weighted by Crippen LogP contribution is -2.55. The maximum atomic E-state index is 13.2. The molecular formula is C29H42N4O7S. The molecule has 0 bridgehead atoms. The van der Waals surface area contributed by atoms with Gasteiger partial charge in [-0.05, 0) is 62.8 Å². The topological polar surface area (TPSA) is 164 Å². The van der Waals surface area contributed by atoms with E-state index < -0.39 is 58.1 Å². The SMILES string of the molecule is Cc1ccc(S(=O)(=O)N[C@@H](CC(=O)NCCC(C)C)C(=O)N[C@@H](C)C(=O)N[C@@H](CC(C)C)C(=O)c2ccco2)cc1. The fourth-order valence-corrected chi connectivity index (χ4v) is 5.08. The fraction of sp³-hybridized carbons (Fsp3) is 0.517. The molecule has 0 aliphatic heterocycles. The van der Waals surface area contributed by atoms with E-state index in [9.17, 15) is 27.6 Å². The number of sulfonamides is 1. The van der Waals surface area contributed by atoms with Crippen LogP contribution >= 0.6 is 0 Å². The van der Waals surface area contributed by atoms with Gasteiger partial charge in [0.25, 0.3) is 0 Å². The van der Waals surface area contributed by atoms with Crippen molar-refractivity contribution in [3.8, 4) is 0 Å². The molecule has 1 heterocycles. The number of furan rings is 1. The van der Waals surface area contributed by atoms with E-state index in [1.165, 1.54) is 31.4 Å². The van der Waals surface area contributed by atoms with E-state index >= 15 is 0 Å². The molecule has 2 aromatic rings. The van der Waals surface area contributed by atoms with E-state index in [1.807, 2.05) is 34.6 Å². The molecule has 0 fully saturated rings. The second-order valence-electron chi connectivity index (χ2n) is 11.0. The molecule has 0 radical (unpaired) electrons. The third-order valence-electron chi connectivity index (χ3n) is 6.23. The lowest BCUT2D eigenvalue weighted by atomic mass is 9.98. The molecule has 41 heavy (non-hydrogen) atoms. The minimum Gasteiger partial charge on any atom is -0.461 e. The van der Waals surface area contributed by atoms with Gasteiger partial charge in [0.1, 0.15) is 12.1 Å². The first kappa shape index (κ1) is 33.7. The summed E-state index contributed by atoms with van der Waals surface area (Å²) in [7, 11) is -4.17. The summed E-state index contributed by atoms with van der Waals surface area (Å²) in [4.78, 5) is 51.7.